The molecule has 0 bridgehead atoms. The van der Waals surface area contributed by atoms with E-state index in [2.05, 4.69) is 5.32 Å². The summed E-state index contributed by atoms with van der Waals surface area (Å²) in [6.45, 7) is -0.240. The number of furan rings is 1. The smallest absolute Gasteiger partial charge is 0.287 e. The zero-order valence-electron chi connectivity index (χ0n) is 15.6. The van der Waals surface area contributed by atoms with E-state index in [4.69, 9.17) is 4.42 Å². The van der Waals surface area contributed by atoms with Crippen molar-refractivity contribution in [1.29, 1.82) is 0 Å². The summed E-state index contributed by atoms with van der Waals surface area (Å²) >= 11 is 3.21. The van der Waals surface area contributed by atoms with Crippen molar-refractivity contribution in [1.82, 2.24) is 5.32 Å². The number of thioether (sulfide) groups is 1. The SMILES string of the molecule is O=C(NCC(O)c1ccc(F)cc1F)c1oc2ccccc2c1CSc1cccs1. The van der Waals surface area contributed by atoms with Crippen LogP contribution in [0.2, 0.25) is 0 Å². The van der Waals surface area contributed by atoms with Crippen LogP contribution in [-0.4, -0.2) is 17.6 Å². The molecule has 2 aromatic carbocycles. The number of rotatable bonds is 7. The highest BCUT2D eigenvalue weighted by molar-refractivity contribution is 8.00. The molecular formula is C22H17F2NO3S2. The predicted molar refractivity (Wildman–Crippen MR) is 114 cm³/mol. The summed E-state index contributed by atoms with van der Waals surface area (Å²) < 4.78 is 33.8. The number of aliphatic hydroxyl groups excluding tert-OH is 1. The van der Waals surface area contributed by atoms with Crippen molar-refractivity contribution in [2.45, 2.75) is 16.1 Å². The van der Waals surface area contributed by atoms with Gasteiger partial charge in [0, 0.05) is 34.9 Å². The molecule has 1 amide bonds. The van der Waals surface area contributed by atoms with E-state index >= 15 is 0 Å². The van der Waals surface area contributed by atoms with Crippen LogP contribution in [0.15, 0.2) is 68.6 Å². The molecule has 8 heteroatoms. The van der Waals surface area contributed by atoms with Gasteiger partial charge in [-0.25, -0.2) is 8.78 Å². The van der Waals surface area contributed by atoms with Crippen molar-refractivity contribution in [3.8, 4) is 0 Å². The van der Waals surface area contributed by atoms with E-state index in [0.29, 0.717) is 17.4 Å². The zero-order chi connectivity index (χ0) is 21.1. The summed E-state index contributed by atoms with van der Waals surface area (Å²) in [5.41, 5.74) is 1.26. The van der Waals surface area contributed by atoms with Crippen LogP contribution in [0.4, 0.5) is 8.78 Å². The molecule has 154 valence electrons. The molecule has 2 heterocycles. The lowest BCUT2D eigenvalue weighted by atomic mass is 10.1. The van der Waals surface area contributed by atoms with E-state index in [1.165, 1.54) is 0 Å². The van der Waals surface area contributed by atoms with Gasteiger partial charge in [-0.05, 0) is 23.6 Å². The number of fused-ring (bicyclic) bond motifs is 1. The van der Waals surface area contributed by atoms with E-state index in [-0.39, 0.29) is 17.9 Å². The molecule has 0 aliphatic carbocycles. The molecule has 0 saturated carbocycles. The summed E-state index contributed by atoms with van der Waals surface area (Å²) in [7, 11) is 0. The summed E-state index contributed by atoms with van der Waals surface area (Å²) in [5.74, 6) is -1.41. The molecular weight excluding hydrogens is 428 g/mol. The molecule has 1 atom stereocenters. The van der Waals surface area contributed by atoms with Crippen molar-refractivity contribution >= 4 is 40.0 Å². The van der Waals surface area contributed by atoms with E-state index in [0.717, 1.165) is 27.3 Å². The number of hydrogen-bond donors (Lipinski definition) is 2. The molecule has 0 aliphatic rings. The van der Waals surface area contributed by atoms with Gasteiger partial charge in [0.15, 0.2) is 5.76 Å². The lowest BCUT2D eigenvalue weighted by molar-refractivity contribution is 0.0888. The molecule has 0 radical (unpaired) electrons. The first-order valence-corrected chi connectivity index (χ1v) is 11.0. The fraction of sp³-hybridized carbons (Fsp3) is 0.136. The van der Waals surface area contributed by atoms with Crippen LogP contribution in [-0.2, 0) is 5.75 Å². The summed E-state index contributed by atoms with van der Waals surface area (Å²) in [6.07, 6.45) is -1.32. The third-order valence-corrected chi connectivity index (χ3v) is 6.69. The first kappa shape index (κ1) is 20.6. The van der Waals surface area contributed by atoms with Gasteiger partial charge < -0.3 is 14.8 Å². The molecule has 0 fully saturated rings. The van der Waals surface area contributed by atoms with Crippen LogP contribution < -0.4 is 5.32 Å². The minimum absolute atomic E-state index is 0.0882. The fourth-order valence-corrected chi connectivity index (χ4v) is 4.88. The first-order valence-electron chi connectivity index (χ1n) is 9.11. The number of thiophene rings is 1. The van der Waals surface area contributed by atoms with Gasteiger partial charge in [0.1, 0.15) is 17.2 Å². The Balaban J connectivity index is 1.52. The normalized spacial score (nSPS) is 12.2. The third-order valence-electron chi connectivity index (χ3n) is 4.54. The second-order valence-corrected chi connectivity index (χ2v) is 8.74. The largest absolute Gasteiger partial charge is 0.451 e. The lowest BCUT2D eigenvalue weighted by Crippen LogP contribution is -2.29. The monoisotopic (exact) mass is 445 g/mol. The maximum atomic E-state index is 13.9. The number of carbonyl (C=O) groups is 1. The number of halogens is 2. The number of hydrogen-bond acceptors (Lipinski definition) is 5. The predicted octanol–water partition coefficient (Wildman–Crippen LogP) is 5.53. The minimum atomic E-state index is -1.32. The van der Waals surface area contributed by atoms with Crippen LogP contribution >= 0.6 is 23.1 Å². The zero-order valence-corrected chi connectivity index (χ0v) is 17.2. The molecule has 2 aromatic heterocycles. The van der Waals surface area contributed by atoms with Crippen molar-refractivity contribution < 1.29 is 23.1 Å². The Labute approximate surface area is 179 Å². The fourth-order valence-electron chi connectivity index (χ4n) is 3.07. The molecule has 0 spiro atoms. The number of nitrogens with one attached hydrogen (secondary N) is 1. The van der Waals surface area contributed by atoms with Crippen LogP contribution in [0, 0.1) is 11.6 Å². The molecule has 0 aliphatic heterocycles. The molecule has 30 heavy (non-hydrogen) atoms. The molecule has 2 N–H and O–H groups in total. The first-order chi connectivity index (χ1) is 14.5. The van der Waals surface area contributed by atoms with Crippen molar-refractivity contribution in [2.75, 3.05) is 6.54 Å². The van der Waals surface area contributed by atoms with Crippen LogP contribution in [0.1, 0.15) is 27.8 Å². The van der Waals surface area contributed by atoms with Gasteiger partial charge in [0.05, 0.1) is 10.3 Å². The second-order valence-electron chi connectivity index (χ2n) is 6.52. The van der Waals surface area contributed by atoms with E-state index < -0.39 is 23.6 Å². The van der Waals surface area contributed by atoms with Crippen molar-refractivity contribution in [3.63, 3.8) is 0 Å². The van der Waals surface area contributed by atoms with E-state index in [9.17, 15) is 18.7 Å². The average Bonchev–Trinajstić information content (AvgIpc) is 3.38. The Morgan fingerprint density at radius 2 is 2.00 bits per heavy atom. The van der Waals surface area contributed by atoms with Crippen LogP contribution in [0.25, 0.3) is 11.0 Å². The maximum absolute atomic E-state index is 13.9. The van der Waals surface area contributed by atoms with Gasteiger partial charge in [-0.1, -0.05) is 30.3 Å². The molecule has 4 nitrogen and oxygen atoms in total. The topological polar surface area (TPSA) is 62.5 Å². The second kappa shape index (κ2) is 8.99. The van der Waals surface area contributed by atoms with E-state index in [1.807, 2.05) is 35.7 Å². The van der Waals surface area contributed by atoms with Gasteiger partial charge in [0.2, 0.25) is 0 Å². The van der Waals surface area contributed by atoms with E-state index in [1.54, 1.807) is 29.2 Å². The van der Waals surface area contributed by atoms with Crippen LogP contribution in [0.5, 0.6) is 0 Å². The molecule has 1 unspecified atom stereocenters. The summed E-state index contributed by atoms with van der Waals surface area (Å²) in [4.78, 5) is 12.8. The van der Waals surface area contributed by atoms with Gasteiger partial charge >= 0.3 is 0 Å². The number of carbonyl (C=O) groups excluding carboxylic acids is 1. The van der Waals surface area contributed by atoms with Crippen molar-refractivity contribution in [3.05, 3.63) is 88.5 Å². The molecule has 4 rings (SSSR count). The average molecular weight is 446 g/mol. The van der Waals surface area contributed by atoms with Gasteiger partial charge in [-0.15, -0.1) is 23.1 Å². The molecule has 4 aromatic rings. The summed E-state index contributed by atoms with van der Waals surface area (Å²) in [5, 5.41) is 15.6. The minimum Gasteiger partial charge on any atom is -0.451 e. The Morgan fingerprint density at radius 1 is 1.17 bits per heavy atom. The van der Waals surface area contributed by atoms with Gasteiger partial charge in [-0.2, -0.15) is 0 Å². The third kappa shape index (κ3) is 4.40. The highest BCUT2D eigenvalue weighted by Crippen LogP contribution is 2.33. The standard InChI is InChI=1S/C22H17F2NO3S2/c23-13-7-8-15(17(24)10-13)18(26)11-25-22(27)21-16(12-30-20-6-3-9-29-20)14-4-1-2-5-19(14)28-21/h1-10,18,26H,11-12H2,(H,25,27). The highest BCUT2D eigenvalue weighted by Gasteiger charge is 2.22. The van der Waals surface area contributed by atoms with Crippen LogP contribution in [0.3, 0.4) is 0 Å². The quantitative estimate of drug-likeness (QED) is 0.367. The number of para-hydroxylation sites is 1. The Morgan fingerprint density at radius 3 is 2.77 bits per heavy atom. The Hall–Kier alpha value is -2.68. The van der Waals surface area contributed by atoms with Gasteiger partial charge in [0.25, 0.3) is 5.91 Å². The number of aliphatic hydroxyl groups is 1. The highest BCUT2D eigenvalue weighted by atomic mass is 32.2. The van der Waals surface area contributed by atoms with Crippen molar-refractivity contribution in [2.24, 2.45) is 0 Å². The Kier molecular flexibility index (Phi) is 6.17. The number of amides is 1. The lowest BCUT2D eigenvalue weighted by Gasteiger charge is -2.13. The van der Waals surface area contributed by atoms with Gasteiger partial charge in [-0.3, -0.25) is 4.79 Å². The Bertz CT molecular complexity index is 1170. The molecule has 0 saturated heterocycles. The number of benzene rings is 2. The summed E-state index contributed by atoms with van der Waals surface area (Å²) in [6, 6.07) is 14.3. The maximum Gasteiger partial charge on any atom is 0.287 e.